The maximum Gasteiger partial charge on any atom is 0.276 e. The van der Waals surface area contributed by atoms with E-state index >= 15 is 0 Å². The van der Waals surface area contributed by atoms with Gasteiger partial charge in [-0.2, -0.15) is 0 Å². The van der Waals surface area contributed by atoms with Crippen molar-refractivity contribution in [1.29, 1.82) is 0 Å². The number of hydrazine groups is 1. The molecule has 3 rings (SSSR count). The van der Waals surface area contributed by atoms with Crippen molar-refractivity contribution < 1.29 is 14.3 Å². The van der Waals surface area contributed by atoms with Gasteiger partial charge in [-0.15, -0.1) is 0 Å². The van der Waals surface area contributed by atoms with Gasteiger partial charge in [0, 0.05) is 15.2 Å². The molecular formula is C20H21BrClN3O3. The smallest absolute Gasteiger partial charge is 0.276 e. The molecule has 2 aromatic rings. The van der Waals surface area contributed by atoms with E-state index in [0.717, 1.165) is 22.1 Å². The number of carbonyl (C=O) groups excluding carboxylic acids is 2. The van der Waals surface area contributed by atoms with E-state index in [0.29, 0.717) is 22.8 Å². The van der Waals surface area contributed by atoms with Crippen LogP contribution in [0.3, 0.4) is 0 Å². The second-order valence-corrected chi connectivity index (χ2v) is 7.90. The van der Waals surface area contributed by atoms with Crippen molar-refractivity contribution in [3.05, 3.63) is 57.0 Å². The highest BCUT2D eigenvalue weighted by molar-refractivity contribution is 9.10. The Morgan fingerprint density at radius 1 is 1.32 bits per heavy atom. The van der Waals surface area contributed by atoms with E-state index in [9.17, 15) is 9.59 Å². The zero-order valence-electron chi connectivity index (χ0n) is 15.6. The van der Waals surface area contributed by atoms with E-state index in [-0.39, 0.29) is 18.7 Å². The molecule has 0 saturated heterocycles. The second-order valence-electron chi connectivity index (χ2n) is 6.55. The topological polar surface area (TPSA) is 70.7 Å². The van der Waals surface area contributed by atoms with Gasteiger partial charge in [0.15, 0.2) is 6.61 Å². The predicted octanol–water partition coefficient (Wildman–Crippen LogP) is 4.52. The summed E-state index contributed by atoms with van der Waals surface area (Å²) in [5.74, 6) is -0.101. The number of nitrogens with zero attached hydrogens (tertiary/aromatic N) is 1. The summed E-state index contributed by atoms with van der Waals surface area (Å²) >= 11 is 9.32. The molecule has 2 amide bonds. The minimum absolute atomic E-state index is 0.212. The number of amides is 2. The van der Waals surface area contributed by atoms with Gasteiger partial charge in [-0.25, -0.2) is 5.01 Å². The summed E-state index contributed by atoms with van der Waals surface area (Å²) in [4.78, 5) is 25.4. The Balaban J connectivity index is 1.71. The molecule has 1 aliphatic rings. The van der Waals surface area contributed by atoms with E-state index in [2.05, 4.69) is 26.7 Å². The number of carbonyl (C=O) groups is 2. The molecule has 0 bridgehead atoms. The first kappa shape index (κ1) is 20.5. The van der Waals surface area contributed by atoms with E-state index < -0.39 is 5.91 Å². The van der Waals surface area contributed by atoms with Crippen LogP contribution < -0.4 is 15.5 Å². The van der Waals surface area contributed by atoms with Gasteiger partial charge < -0.3 is 10.1 Å². The van der Waals surface area contributed by atoms with Crippen LogP contribution in [0, 0.1) is 6.92 Å². The Labute approximate surface area is 177 Å². The molecule has 1 heterocycles. The van der Waals surface area contributed by atoms with Crippen LogP contribution in [0.15, 0.2) is 40.9 Å². The van der Waals surface area contributed by atoms with Crippen LogP contribution in [0.25, 0.3) is 0 Å². The van der Waals surface area contributed by atoms with Gasteiger partial charge in [0.1, 0.15) is 11.9 Å². The number of fused-ring (bicyclic) bond motifs is 1. The molecule has 28 heavy (non-hydrogen) atoms. The molecule has 6 nitrogen and oxygen atoms in total. The number of hydrogen-bond acceptors (Lipinski definition) is 4. The van der Waals surface area contributed by atoms with Crippen molar-refractivity contribution in [2.45, 2.75) is 32.9 Å². The molecule has 0 saturated carbocycles. The molecule has 0 aliphatic carbocycles. The predicted molar refractivity (Wildman–Crippen MR) is 112 cm³/mol. The Bertz CT molecular complexity index is 906. The summed E-state index contributed by atoms with van der Waals surface area (Å²) in [5.41, 5.74) is 4.76. The molecule has 1 atom stereocenters. The third-order valence-corrected chi connectivity index (χ3v) is 5.10. The Morgan fingerprint density at radius 2 is 2.11 bits per heavy atom. The fourth-order valence-electron chi connectivity index (χ4n) is 3.02. The summed E-state index contributed by atoms with van der Waals surface area (Å²) < 4.78 is 6.37. The minimum atomic E-state index is -0.413. The van der Waals surface area contributed by atoms with Crippen molar-refractivity contribution in [1.82, 2.24) is 10.4 Å². The summed E-state index contributed by atoms with van der Waals surface area (Å²) in [7, 11) is 0. The first-order valence-corrected chi connectivity index (χ1v) is 10.1. The number of ether oxygens (including phenoxy) is 1. The van der Waals surface area contributed by atoms with Gasteiger partial charge in [-0.1, -0.05) is 40.9 Å². The van der Waals surface area contributed by atoms with Crippen LogP contribution in [0.4, 0.5) is 5.69 Å². The molecule has 148 valence electrons. The monoisotopic (exact) mass is 465 g/mol. The number of anilines is 1. The van der Waals surface area contributed by atoms with E-state index in [4.69, 9.17) is 16.3 Å². The third kappa shape index (κ3) is 4.59. The van der Waals surface area contributed by atoms with Crippen molar-refractivity contribution in [2.75, 3.05) is 11.9 Å². The van der Waals surface area contributed by atoms with Gasteiger partial charge in [-0.3, -0.25) is 15.0 Å². The van der Waals surface area contributed by atoms with E-state index in [1.807, 2.05) is 26.0 Å². The van der Waals surface area contributed by atoms with Gasteiger partial charge >= 0.3 is 0 Å². The van der Waals surface area contributed by atoms with Crippen LogP contribution in [-0.2, 0) is 4.79 Å². The molecule has 8 heteroatoms. The highest BCUT2D eigenvalue weighted by Gasteiger charge is 2.33. The first-order chi connectivity index (χ1) is 13.4. The molecule has 0 spiro atoms. The fraction of sp³-hybridized carbons (Fsp3) is 0.300. The Morgan fingerprint density at radius 3 is 2.82 bits per heavy atom. The number of aryl methyl sites for hydroxylation is 1. The van der Waals surface area contributed by atoms with Crippen LogP contribution in [0.2, 0.25) is 5.02 Å². The molecule has 0 aromatic heterocycles. The first-order valence-electron chi connectivity index (χ1n) is 8.97. The SMILES string of the molecule is CCCC1Nc2ccc(Br)cc2C(=O)N1NC(=O)COc1ccc(Cl)cc1C. The molecule has 1 aliphatic heterocycles. The number of benzene rings is 2. The average Bonchev–Trinajstić information content (AvgIpc) is 2.65. The Hall–Kier alpha value is -2.25. The molecule has 0 fully saturated rings. The van der Waals surface area contributed by atoms with Gasteiger partial charge in [0.2, 0.25) is 0 Å². The van der Waals surface area contributed by atoms with Crippen LogP contribution in [-0.4, -0.2) is 29.6 Å². The zero-order chi connectivity index (χ0) is 20.3. The zero-order valence-corrected chi connectivity index (χ0v) is 17.9. The van der Waals surface area contributed by atoms with E-state index in [1.54, 1.807) is 24.3 Å². The maximum atomic E-state index is 13.0. The van der Waals surface area contributed by atoms with Crippen molar-refractivity contribution >= 4 is 45.0 Å². The molecule has 1 unspecified atom stereocenters. The lowest BCUT2D eigenvalue weighted by atomic mass is 10.1. The molecular weight excluding hydrogens is 446 g/mol. The van der Waals surface area contributed by atoms with Gasteiger partial charge in [0.25, 0.3) is 11.8 Å². The average molecular weight is 467 g/mol. The number of nitrogens with one attached hydrogen (secondary N) is 2. The molecule has 0 radical (unpaired) electrons. The molecule has 2 aromatic carbocycles. The highest BCUT2D eigenvalue weighted by Crippen LogP contribution is 2.28. The quantitative estimate of drug-likeness (QED) is 0.657. The van der Waals surface area contributed by atoms with Crippen LogP contribution in [0.1, 0.15) is 35.7 Å². The second kappa shape index (κ2) is 8.84. The van der Waals surface area contributed by atoms with Crippen molar-refractivity contribution in [2.24, 2.45) is 0 Å². The van der Waals surface area contributed by atoms with Gasteiger partial charge in [0.05, 0.1) is 5.56 Å². The van der Waals surface area contributed by atoms with Crippen LogP contribution in [0.5, 0.6) is 5.75 Å². The van der Waals surface area contributed by atoms with Gasteiger partial charge in [-0.05, 0) is 55.3 Å². The van der Waals surface area contributed by atoms with Crippen molar-refractivity contribution in [3.63, 3.8) is 0 Å². The molecule has 2 N–H and O–H groups in total. The standard InChI is InChI=1S/C20H21BrClN3O3/c1-3-4-18-23-16-7-5-13(21)10-15(16)20(27)25(18)24-19(26)11-28-17-8-6-14(22)9-12(17)2/h5-10,18,23H,3-4,11H2,1-2H3,(H,24,26). The highest BCUT2D eigenvalue weighted by atomic mass is 79.9. The lowest BCUT2D eigenvalue weighted by Crippen LogP contribution is -2.58. The summed E-state index contributed by atoms with van der Waals surface area (Å²) in [6, 6.07) is 10.6. The number of halogens is 2. The fourth-order valence-corrected chi connectivity index (χ4v) is 3.61. The number of rotatable bonds is 6. The third-order valence-electron chi connectivity index (χ3n) is 4.37. The maximum absolute atomic E-state index is 13.0. The van der Waals surface area contributed by atoms with Crippen molar-refractivity contribution in [3.8, 4) is 5.75 Å². The lowest BCUT2D eigenvalue weighted by Gasteiger charge is -2.37. The van der Waals surface area contributed by atoms with Crippen LogP contribution >= 0.6 is 27.5 Å². The summed E-state index contributed by atoms with van der Waals surface area (Å²) in [6.45, 7) is 3.66. The Kier molecular flexibility index (Phi) is 6.46. The summed E-state index contributed by atoms with van der Waals surface area (Å²) in [5, 5.41) is 5.26. The largest absolute Gasteiger partial charge is 0.483 e. The normalized spacial score (nSPS) is 15.6. The van der Waals surface area contributed by atoms with E-state index in [1.165, 1.54) is 5.01 Å². The lowest BCUT2D eigenvalue weighted by molar-refractivity contribution is -0.127. The number of hydrogen-bond donors (Lipinski definition) is 2. The minimum Gasteiger partial charge on any atom is -0.483 e. The summed E-state index contributed by atoms with van der Waals surface area (Å²) in [6.07, 6.45) is 1.22.